The monoisotopic (exact) mass is 325 g/mol. The van der Waals surface area contributed by atoms with E-state index in [0.29, 0.717) is 24.2 Å². The maximum Gasteiger partial charge on any atom is 0.296 e. The van der Waals surface area contributed by atoms with E-state index in [1.165, 1.54) is 18.9 Å². The Labute approximate surface area is 129 Å². The van der Waals surface area contributed by atoms with Gasteiger partial charge in [0.15, 0.2) is 0 Å². The van der Waals surface area contributed by atoms with E-state index in [1.54, 1.807) is 0 Å². The number of hydrogen-bond acceptors (Lipinski definition) is 5. The van der Waals surface area contributed by atoms with Gasteiger partial charge in [0.2, 0.25) is 0 Å². The van der Waals surface area contributed by atoms with Crippen molar-refractivity contribution >= 4 is 27.4 Å². The molecule has 1 aromatic rings. The van der Waals surface area contributed by atoms with E-state index in [0.717, 1.165) is 18.9 Å². The highest BCUT2D eigenvalue weighted by atomic mass is 32.2. The number of carbonyl (C=O) groups is 1. The molecule has 1 spiro atoms. The molecule has 1 aliphatic heterocycles. The van der Waals surface area contributed by atoms with Crippen LogP contribution in [-0.4, -0.2) is 32.0 Å². The molecule has 0 atom stereocenters. The summed E-state index contributed by atoms with van der Waals surface area (Å²) in [7, 11) is -4.45. The highest BCUT2D eigenvalue weighted by molar-refractivity contribution is 7.86. The molecule has 0 bridgehead atoms. The molecule has 0 radical (unpaired) electrons. The van der Waals surface area contributed by atoms with E-state index >= 15 is 0 Å². The van der Waals surface area contributed by atoms with Gasteiger partial charge < -0.3 is 16.4 Å². The lowest BCUT2D eigenvalue weighted by Crippen LogP contribution is -2.36. The second kappa shape index (κ2) is 4.85. The maximum absolute atomic E-state index is 11.6. The summed E-state index contributed by atoms with van der Waals surface area (Å²) in [6.07, 6.45) is 4.43. The number of amides is 1. The minimum atomic E-state index is -4.45. The van der Waals surface area contributed by atoms with Crippen molar-refractivity contribution in [3.05, 3.63) is 17.7 Å². The van der Waals surface area contributed by atoms with E-state index in [1.807, 2.05) is 4.90 Å². The van der Waals surface area contributed by atoms with Crippen LogP contribution in [0, 0.1) is 5.41 Å². The fourth-order valence-corrected chi connectivity index (χ4v) is 3.85. The van der Waals surface area contributed by atoms with Crippen LogP contribution in [0.3, 0.4) is 0 Å². The average Bonchev–Trinajstić information content (AvgIpc) is 3.17. The molecule has 0 aromatic heterocycles. The Morgan fingerprint density at radius 3 is 2.23 bits per heavy atom. The Kier molecular flexibility index (Phi) is 3.33. The number of carbonyl (C=O) groups excluding carboxylic acids is 1. The van der Waals surface area contributed by atoms with Gasteiger partial charge in [0, 0.05) is 13.1 Å². The normalized spacial score (nSPS) is 20.1. The van der Waals surface area contributed by atoms with Crippen LogP contribution in [0.5, 0.6) is 0 Å². The van der Waals surface area contributed by atoms with Crippen LogP contribution in [-0.2, 0) is 10.1 Å². The smallest absolute Gasteiger partial charge is 0.296 e. The average molecular weight is 325 g/mol. The van der Waals surface area contributed by atoms with Crippen LogP contribution in [0.4, 0.5) is 11.4 Å². The summed E-state index contributed by atoms with van der Waals surface area (Å²) in [6, 6.07) is 2.42. The number of piperidine rings is 1. The summed E-state index contributed by atoms with van der Waals surface area (Å²) in [5.41, 5.74) is 12.1. The molecule has 22 heavy (non-hydrogen) atoms. The van der Waals surface area contributed by atoms with Gasteiger partial charge in [-0.25, -0.2) is 0 Å². The highest BCUT2D eigenvalue weighted by Gasteiger charge is 2.45. The number of hydrogen-bond donors (Lipinski definition) is 3. The number of nitrogens with zero attached hydrogens (tertiary/aromatic N) is 1. The van der Waals surface area contributed by atoms with Gasteiger partial charge in [-0.15, -0.1) is 0 Å². The van der Waals surface area contributed by atoms with Crippen molar-refractivity contribution in [1.29, 1.82) is 0 Å². The summed E-state index contributed by atoms with van der Waals surface area (Å²) in [5, 5.41) is 0. The van der Waals surface area contributed by atoms with Crippen LogP contribution in [0.15, 0.2) is 17.0 Å². The molecule has 1 saturated heterocycles. The zero-order chi connectivity index (χ0) is 16.1. The van der Waals surface area contributed by atoms with Crippen LogP contribution >= 0.6 is 0 Å². The minimum absolute atomic E-state index is 0.120. The number of nitrogens with two attached hydrogens (primary N) is 2. The number of primary amides is 1. The van der Waals surface area contributed by atoms with Crippen LogP contribution in [0.2, 0.25) is 0 Å². The molecule has 120 valence electrons. The summed E-state index contributed by atoms with van der Waals surface area (Å²) < 4.78 is 32.1. The Morgan fingerprint density at radius 2 is 1.77 bits per heavy atom. The van der Waals surface area contributed by atoms with Gasteiger partial charge in [-0.3, -0.25) is 9.35 Å². The first kappa shape index (κ1) is 15.1. The van der Waals surface area contributed by atoms with Crippen molar-refractivity contribution in [1.82, 2.24) is 0 Å². The Balaban J connectivity index is 2.05. The summed E-state index contributed by atoms with van der Waals surface area (Å²) >= 11 is 0. The molecular weight excluding hydrogens is 306 g/mol. The first-order valence-corrected chi connectivity index (χ1v) is 8.62. The molecule has 1 saturated carbocycles. The van der Waals surface area contributed by atoms with Crippen molar-refractivity contribution in [2.24, 2.45) is 11.1 Å². The Hall–Kier alpha value is -1.80. The third-order valence-corrected chi connectivity index (χ3v) is 5.73. The molecule has 1 amide bonds. The van der Waals surface area contributed by atoms with Crippen molar-refractivity contribution in [2.75, 3.05) is 23.7 Å². The first-order valence-electron chi connectivity index (χ1n) is 7.18. The standard InChI is InChI=1S/C14H19N3O4S/c15-11-10(22(19,20)21)2-1-9(13(16)18)12(11)17-7-5-14(3-4-14)6-8-17/h1-2H,3-8,15H2,(H2,16,18)(H,19,20,21). The lowest BCUT2D eigenvalue weighted by atomic mass is 9.92. The fourth-order valence-electron chi connectivity index (χ4n) is 3.24. The van der Waals surface area contributed by atoms with Crippen LogP contribution in [0.1, 0.15) is 36.0 Å². The Bertz CT molecular complexity index is 731. The minimum Gasteiger partial charge on any atom is -0.396 e. The number of benzene rings is 1. The lowest BCUT2D eigenvalue weighted by Gasteiger charge is -2.35. The van der Waals surface area contributed by atoms with Gasteiger partial charge in [0.05, 0.1) is 16.9 Å². The predicted molar refractivity (Wildman–Crippen MR) is 82.3 cm³/mol. The predicted octanol–water partition coefficient (Wildman–Crippen LogP) is 0.995. The molecule has 7 nitrogen and oxygen atoms in total. The van der Waals surface area contributed by atoms with E-state index in [2.05, 4.69) is 0 Å². The van der Waals surface area contributed by atoms with Crippen LogP contribution in [0.25, 0.3) is 0 Å². The third kappa shape index (κ3) is 2.52. The topological polar surface area (TPSA) is 127 Å². The maximum atomic E-state index is 11.6. The van der Waals surface area contributed by atoms with Crippen LogP contribution < -0.4 is 16.4 Å². The van der Waals surface area contributed by atoms with Gasteiger partial charge in [-0.2, -0.15) is 8.42 Å². The molecule has 8 heteroatoms. The fraction of sp³-hybridized carbons (Fsp3) is 0.500. The van der Waals surface area contributed by atoms with Crippen molar-refractivity contribution < 1.29 is 17.8 Å². The van der Waals surface area contributed by atoms with E-state index in [9.17, 15) is 17.8 Å². The van der Waals surface area contributed by atoms with Crippen molar-refractivity contribution in [3.8, 4) is 0 Å². The molecule has 5 N–H and O–H groups in total. The second-order valence-corrected chi connectivity index (χ2v) is 7.59. The molecule has 1 heterocycles. The Morgan fingerprint density at radius 1 is 1.18 bits per heavy atom. The van der Waals surface area contributed by atoms with Gasteiger partial charge in [-0.05, 0) is 43.2 Å². The quantitative estimate of drug-likeness (QED) is 0.562. The zero-order valence-electron chi connectivity index (χ0n) is 12.1. The number of nitrogen functional groups attached to an aromatic ring is 1. The molecular formula is C14H19N3O4S. The summed E-state index contributed by atoms with van der Waals surface area (Å²) in [4.78, 5) is 13.2. The van der Waals surface area contributed by atoms with E-state index < -0.39 is 16.0 Å². The second-order valence-electron chi connectivity index (χ2n) is 6.20. The van der Waals surface area contributed by atoms with Gasteiger partial charge >= 0.3 is 0 Å². The first-order chi connectivity index (χ1) is 10.2. The highest BCUT2D eigenvalue weighted by Crippen LogP contribution is 2.54. The van der Waals surface area contributed by atoms with Gasteiger partial charge in [0.1, 0.15) is 4.90 Å². The van der Waals surface area contributed by atoms with Gasteiger partial charge in [0.25, 0.3) is 16.0 Å². The number of anilines is 2. The lowest BCUT2D eigenvalue weighted by molar-refractivity contribution is 0.100. The largest absolute Gasteiger partial charge is 0.396 e. The molecule has 0 unspecified atom stereocenters. The van der Waals surface area contributed by atoms with E-state index in [4.69, 9.17) is 11.5 Å². The SMILES string of the molecule is NC(=O)c1ccc(S(=O)(=O)O)c(N)c1N1CCC2(CC1)CC2. The molecule has 1 aromatic carbocycles. The molecule has 3 rings (SSSR count). The van der Waals surface area contributed by atoms with Crippen molar-refractivity contribution in [3.63, 3.8) is 0 Å². The van der Waals surface area contributed by atoms with E-state index in [-0.39, 0.29) is 16.1 Å². The van der Waals surface area contributed by atoms with Crippen molar-refractivity contribution in [2.45, 2.75) is 30.6 Å². The summed E-state index contributed by atoms with van der Waals surface area (Å²) in [5.74, 6) is -0.671. The molecule has 2 fully saturated rings. The molecule has 2 aliphatic rings. The number of rotatable bonds is 3. The molecule has 1 aliphatic carbocycles. The summed E-state index contributed by atoms with van der Waals surface area (Å²) in [6.45, 7) is 1.39. The zero-order valence-corrected chi connectivity index (χ0v) is 12.9. The third-order valence-electron chi connectivity index (χ3n) is 4.82. The van der Waals surface area contributed by atoms with Gasteiger partial charge in [-0.1, -0.05) is 0 Å².